The highest BCUT2D eigenvalue weighted by atomic mass is 16.5. The first-order chi connectivity index (χ1) is 22.2. The molecule has 0 aromatic heterocycles. The van der Waals surface area contributed by atoms with E-state index in [4.69, 9.17) is 14.2 Å². The highest BCUT2D eigenvalue weighted by Gasteiger charge is 2.10. The van der Waals surface area contributed by atoms with E-state index >= 15 is 0 Å². The third-order valence-corrected chi connectivity index (χ3v) is 7.43. The summed E-state index contributed by atoms with van der Waals surface area (Å²) in [6.45, 7) is 0. The summed E-state index contributed by atoms with van der Waals surface area (Å²) >= 11 is 0. The molecule has 216 valence electrons. The first-order valence-electron chi connectivity index (χ1n) is 14.9. The van der Waals surface area contributed by atoms with Crippen molar-refractivity contribution in [1.82, 2.24) is 0 Å². The Kier molecular flexibility index (Phi) is 8.06. The van der Waals surface area contributed by atoms with Gasteiger partial charge in [-0.15, -0.1) is 0 Å². The van der Waals surface area contributed by atoms with Crippen molar-refractivity contribution in [3.05, 3.63) is 182 Å². The summed E-state index contributed by atoms with van der Waals surface area (Å²) in [5, 5.41) is 0. The number of benzene rings is 7. The molecule has 0 unspecified atom stereocenters. The minimum absolute atomic E-state index is 0.796. The van der Waals surface area contributed by atoms with Gasteiger partial charge in [0.05, 0.1) is 0 Å². The second-order valence-electron chi connectivity index (χ2n) is 10.6. The van der Waals surface area contributed by atoms with Gasteiger partial charge in [-0.2, -0.15) is 0 Å². The monoisotopic (exact) mass is 582 g/mol. The van der Waals surface area contributed by atoms with E-state index in [1.807, 2.05) is 127 Å². The average Bonchev–Trinajstić information content (AvgIpc) is 3.10. The SMILES string of the molecule is c1ccc(Oc2ccc(-c3cc(-c4ccc(Oc5ccccc5)cc4)cc(-c4ccc(Oc5ccccc5)cc4)c3)cc2)cc1. The lowest BCUT2D eigenvalue weighted by atomic mass is 9.93. The molecule has 0 atom stereocenters. The lowest BCUT2D eigenvalue weighted by Gasteiger charge is -2.13. The van der Waals surface area contributed by atoms with Crippen molar-refractivity contribution in [2.24, 2.45) is 0 Å². The van der Waals surface area contributed by atoms with Gasteiger partial charge < -0.3 is 14.2 Å². The predicted octanol–water partition coefficient (Wildman–Crippen LogP) is 12.1. The summed E-state index contributed by atoms with van der Waals surface area (Å²) < 4.78 is 18.1. The Morgan fingerprint density at radius 1 is 0.200 bits per heavy atom. The molecule has 0 heterocycles. The lowest BCUT2D eigenvalue weighted by molar-refractivity contribution is 0.482. The quantitative estimate of drug-likeness (QED) is 0.169. The minimum atomic E-state index is 0.796. The summed E-state index contributed by atoms with van der Waals surface area (Å²) in [4.78, 5) is 0. The Labute approximate surface area is 263 Å². The number of rotatable bonds is 9. The van der Waals surface area contributed by atoms with Crippen molar-refractivity contribution in [2.45, 2.75) is 0 Å². The van der Waals surface area contributed by atoms with Crippen molar-refractivity contribution in [3.63, 3.8) is 0 Å². The molecule has 7 aromatic carbocycles. The normalized spacial score (nSPS) is 10.7. The maximum absolute atomic E-state index is 6.04. The molecule has 0 saturated heterocycles. The third kappa shape index (κ3) is 6.96. The van der Waals surface area contributed by atoms with Gasteiger partial charge in [-0.05, 0) is 124 Å². The molecular formula is C42H30O3. The molecule has 0 saturated carbocycles. The van der Waals surface area contributed by atoms with Crippen LogP contribution in [0.25, 0.3) is 33.4 Å². The second kappa shape index (κ2) is 13.1. The van der Waals surface area contributed by atoms with Gasteiger partial charge in [-0.1, -0.05) is 91.0 Å². The van der Waals surface area contributed by atoms with Gasteiger partial charge in [0.25, 0.3) is 0 Å². The van der Waals surface area contributed by atoms with E-state index in [2.05, 4.69) is 54.6 Å². The molecule has 0 amide bonds. The van der Waals surface area contributed by atoms with Crippen LogP contribution in [-0.2, 0) is 0 Å². The van der Waals surface area contributed by atoms with Crippen LogP contribution in [0, 0.1) is 0 Å². The van der Waals surface area contributed by atoms with E-state index in [1.165, 1.54) is 0 Å². The van der Waals surface area contributed by atoms with E-state index in [9.17, 15) is 0 Å². The summed E-state index contributed by atoms with van der Waals surface area (Å²) in [6.07, 6.45) is 0. The van der Waals surface area contributed by atoms with Gasteiger partial charge in [0.2, 0.25) is 0 Å². The van der Waals surface area contributed by atoms with Crippen LogP contribution in [0.3, 0.4) is 0 Å². The van der Waals surface area contributed by atoms with E-state index < -0.39 is 0 Å². The highest BCUT2D eigenvalue weighted by molar-refractivity contribution is 5.81. The zero-order valence-electron chi connectivity index (χ0n) is 24.5. The van der Waals surface area contributed by atoms with Crippen molar-refractivity contribution >= 4 is 0 Å². The van der Waals surface area contributed by atoms with Crippen molar-refractivity contribution in [2.75, 3.05) is 0 Å². The highest BCUT2D eigenvalue weighted by Crippen LogP contribution is 2.36. The molecule has 45 heavy (non-hydrogen) atoms. The van der Waals surface area contributed by atoms with Crippen molar-refractivity contribution in [3.8, 4) is 67.9 Å². The molecule has 0 aliphatic heterocycles. The zero-order valence-corrected chi connectivity index (χ0v) is 24.5. The fraction of sp³-hybridized carbons (Fsp3) is 0. The number of para-hydroxylation sites is 3. The Balaban J connectivity index is 1.20. The van der Waals surface area contributed by atoms with Crippen LogP contribution < -0.4 is 14.2 Å². The maximum atomic E-state index is 6.04. The van der Waals surface area contributed by atoms with E-state index in [1.54, 1.807) is 0 Å². The molecule has 0 fully saturated rings. The Morgan fingerprint density at radius 2 is 0.422 bits per heavy atom. The molecule has 0 bridgehead atoms. The Hall–Kier alpha value is -6.06. The fourth-order valence-corrected chi connectivity index (χ4v) is 5.15. The number of hydrogen-bond acceptors (Lipinski definition) is 3. The molecule has 0 N–H and O–H groups in total. The molecular weight excluding hydrogens is 552 g/mol. The topological polar surface area (TPSA) is 27.7 Å². The predicted molar refractivity (Wildman–Crippen MR) is 182 cm³/mol. The summed E-state index contributed by atoms with van der Waals surface area (Å²) in [6, 6.07) is 60.9. The van der Waals surface area contributed by atoms with Crippen LogP contribution in [0.5, 0.6) is 34.5 Å². The minimum Gasteiger partial charge on any atom is -0.457 e. The van der Waals surface area contributed by atoms with Crippen LogP contribution in [0.15, 0.2) is 182 Å². The Bertz CT molecular complexity index is 1720. The van der Waals surface area contributed by atoms with Gasteiger partial charge in [-0.25, -0.2) is 0 Å². The van der Waals surface area contributed by atoms with Gasteiger partial charge in [-0.3, -0.25) is 0 Å². The molecule has 3 heteroatoms. The van der Waals surface area contributed by atoms with Crippen molar-refractivity contribution < 1.29 is 14.2 Å². The molecule has 0 spiro atoms. The van der Waals surface area contributed by atoms with Gasteiger partial charge in [0, 0.05) is 0 Å². The summed E-state index contributed by atoms with van der Waals surface area (Å²) in [7, 11) is 0. The molecule has 7 rings (SSSR count). The van der Waals surface area contributed by atoms with E-state index in [0.29, 0.717) is 0 Å². The van der Waals surface area contributed by atoms with Crippen LogP contribution in [0.1, 0.15) is 0 Å². The van der Waals surface area contributed by atoms with E-state index in [0.717, 1.165) is 67.9 Å². The van der Waals surface area contributed by atoms with Gasteiger partial charge in [0.1, 0.15) is 34.5 Å². The molecule has 0 aliphatic carbocycles. The fourth-order valence-electron chi connectivity index (χ4n) is 5.15. The number of ether oxygens (including phenoxy) is 3. The summed E-state index contributed by atoms with van der Waals surface area (Å²) in [5.74, 6) is 4.83. The second-order valence-corrected chi connectivity index (χ2v) is 10.6. The molecule has 3 nitrogen and oxygen atoms in total. The zero-order chi connectivity index (χ0) is 30.3. The van der Waals surface area contributed by atoms with Crippen molar-refractivity contribution in [1.29, 1.82) is 0 Å². The third-order valence-electron chi connectivity index (χ3n) is 7.43. The Morgan fingerprint density at radius 3 is 0.667 bits per heavy atom. The number of hydrogen-bond donors (Lipinski definition) is 0. The lowest BCUT2D eigenvalue weighted by Crippen LogP contribution is -1.89. The molecule has 7 aromatic rings. The van der Waals surface area contributed by atoms with Gasteiger partial charge >= 0.3 is 0 Å². The largest absolute Gasteiger partial charge is 0.457 e. The standard InChI is InChI=1S/C42H30O3/c1-4-10-37(11-5-1)43-40-22-16-31(17-23-40)34-28-35(32-18-24-41(25-19-32)44-38-12-6-2-7-13-38)30-36(29-34)33-20-26-42(27-21-33)45-39-14-8-3-9-15-39/h1-30H. The summed E-state index contributed by atoms with van der Waals surface area (Å²) in [5.41, 5.74) is 6.65. The smallest absolute Gasteiger partial charge is 0.127 e. The molecule has 0 aliphatic rings. The molecule has 0 radical (unpaired) electrons. The van der Waals surface area contributed by atoms with Crippen LogP contribution in [0.2, 0.25) is 0 Å². The first kappa shape index (κ1) is 27.8. The first-order valence-corrected chi connectivity index (χ1v) is 14.9. The van der Waals surface area contributed by atoms with Crippen LogP contribution >= 0.6 is 0 Å². The van der Waals surface area contributed by atoms with Crippen LogP contribution in [-0.4, -0.2) is 0 Å². The van der Waals surface area contributed by atoms with Gasteiger partial charge in [0.15, 0.2) is 0 Å². The maximum Gasteiger partial charge on any atom is 0.127 e. The van der Waals surface area contributed by atoms with E-state index in [-0.39, 0.29) is 0 Å². The average molecular weight is 583 g/mol. The van der Waals surface area contributed by atoms with Crippen LogP contribution in [0.4, 0.5) is 0 Å².